The van der Waals surface area contributed by atoms with Crippen LogP contribution in [0.25, 0.3) is 89.7 Å². The fourth-order valence-electron chi connectivity index (χ4n) is 9.61. The van der Waals surface area contributed by atoms with E-state index in [0.29, 0.717) is 72.1 Å². The summed E-state index contributed by atoms with van der Waals surface area (Å²) in [7, 11) is 0. The molecule has 0 amide bonds. The number of nitrogens with zero attached hydrogens (tertiary/aromatic N) is 12. The maximum Gasteiger partial charge on any atom is 2.00 e. The van der Waals surface area contributed by atoms with Crippen molar-refractivity contribution in [2.75, 3.05) is 0 Å². The first-order valence-corrected chi connectivity index (χ1v) is 22.6. The van der Waals surface area contributed by atoms with Gasteiger partial charge < -0.3 is 29.9 Å². The SMILES string of the molecule is [Cu+2].c1cc[n+](Cc2cccc3c2-c2nc-3nc3[n-]c(nc4nc(nc5[n-]c(n2)c2cccc(C[n+]6ccccc6)c52)-c2cccc(C[n+]5ccccc5)c2-4)c2cccc(C[n+]4ccccc4)c32)cc1. The van der Waals surface area contributed by atoms with Crippen LogP contribution in [0.5, 0.6) is 0 Å². The first-order valence-electron chi connectivity index (χ1n) is 22.6. The molecule has 0 fully saturated rings. The van der Waals surface area contributed by atoms with E-state index in [2.05, 4.69) is 141 Å². The van der Waals surface area contributed by atoms with Gasteiger partial charge in [0.25, 0.3) is 0 Å². The zero-order valence-corrected chi connectivity index (χ0v) is 37.9. The molecule has 69 heavy (non-hydrogen) atoms. The molecule has 12 nitrogen and oxygen atoms in total. The van der Waals surface area contributed by atoms with Crippen LogP contribution in [-0.2, 0) is 43.2 Å². The zero-order chi connectivity index (χ0) is 45.0. The van der Waals surface area contributed by atoms with Crippen LogP contribution in [-0.4, -0.2) is 29.9 Å². The Morgan fingerprint density at radius 1 is 0.304 bits per heavy atom. The van der Waals surface area contributed by atoms with Gasteiger partial charge in [0.1, 0.15) is 0 Å². The number of pyridine rings is 4. The van der Waals surface area contributed by atoms with Crippen LogP contribution >= 0.6 is 0 Å². The van der Waals surface area contributed by atoms with Crippen molar-refractivity contribution in [2.24, 2.45) is 0 Å². The van der Waals surface area contributed by atoms with Gasteiger partial charge in [-0.15, -0.1) is 0 Å². The molecule has 9 heterocycles. The molecule has 1 radical (unpaired) electrons. The standard InChI is InChI=1S/C56H40N12.Cu/c1-5-25-65(26-6-1)33-37-17-13-21-41-45(37)53-57-49(41)62-54-47-39(35-67-29-9-3-10-30-67)19-15-23-43(47)51(59-54)64-56-48-40(36-68-31-11-4-12-32-68)20-16-24-44(48)52(60-56)63-55-46-38(34-66-27-7-2-8-28-66)18-14-22-42(46)50(58-55)61-53;/h1-32H,33-36H2;/q2*+2. The first-order chi connectivity index (χ1) is 33.7. The van der Waals surface area contributed by atoms with Crippen molar-refractivity contribution in [3.63, 3.8) is 0 Å². The van der Waals surface area contributed by atoms with Crippen LogP contribution in [0.15, 0.2) is 195 Å². The molecule has 4 aromatic carbocycles. The minimum absolute atomic E-state index is 0. The van der Waals surface area contributed by atoms with E-state index in [1.807, 2.05) is 72.8 Å². The summed E-state index contributed by atoms with van der Waals surface area (Å²) in [5.41, 5.74) is 9.80. The van der Waals surface area contributed by atoms with Gasteiger partial charge in [0.2, 0.25) is 0 Å². The number of fused-ring (bicyclic) bond motifs is 20. The predicted molar refractivity (Wildman–Crippen MR) is 257 cm³/mol. The van der Waals surface area contributed by atoms with Crippen LogP contribution in [0.2, 0.25) is 0 Å². The molecule has 8 bridgehead atoms. The van der Waals surface area contributed by atoms with Crippen LogP contribution in [0.3, 0.4) is 0 Å². The van der Waals surface area contributed by atoms with Crippen molar-refractivity contribution in [3.05, 3.63) is 217 Å². The molecule has 0 atom stereocenters. The Morgan fingerprint density at radius 3 is 1.00 bits per heavy atom. The number of hydrogen-bond donors (Lipinski definition) is 0. The Bertz CT molecular complexity index is 3660. The third-order valence-corrected chi connectivity index (χ3v) is 12.7. The average molecular weight is 945 g/mol. The minimum Gasteiger partial charge on any atom is -0.357 e. The van der Waals surface area contributed by atoms with Crippen LogP contribution in [0, 0.1) is 0 Å². The second-order valence-corrected chi connectivity index (χ2v) is 17.0. The maximum absolute atomic E-state index is 5.41. The van der Waals surface area contributed by atoms with Gasteiger partial charge in [-0.05, 0) is 10.8 Å². The molecule has 331 valence electrons. The van der Waals surface area contributed by atoms with Gasteiger partial charge in [0.15, 0.2) is 75.8 Å². The molecule has 2 aliphatic heterocycles. The largest absolute Gasteiger partial charge is 2.00 e. The summed E-state index contributed by atoms with van der Waals surface area (Å²) in [6, 6.07) is 49.5. The summed E-state index contributed by atoms with van der Waals surface area (Å²) in [6.45, 7) is 2.40. The summed E-state index contributed by atoms with van der Waals surface area (Å²) < 4.78 is 8.62. The third kappa shape index (κ3) is 7.69. The number of rotatable bonds is 8. The van der Waals surface area contributed by atoms with E-state index >= 15 is 0 Å². The summed E-state index contributed by atoms with van der Waals surface area (Å²) in [5, 5.41) is 3.53. The van der Waals surface area contributed by atoms with Gasteiger partial charge in [0, 0.05) is 126 Å². The fourth-order valence-corrected chi connectivity index (χ4v) is 9.61. The molecule has 2 aliphatic rings. The van der Waals surface area contributed by atoms with Crippen molar-refractivity contribution in [1.82, 2.24) is 39.9 Å². The zero-order valence-electron chi connectivity index (χ0n) is 37.0. The Kier molecular flexibility index (Phi) is 10.6. The Labute approximate surface area is 406 Å². The smallest absolute Gasteiger partial charge is 0.357 e. The normalized spacial score (nSPS) is 11.6. The second kappa shape index (κ2) is 17.5. The topological polar surface area (TPSA) is 121 Å². The number of aromatic nitrogens is 12. The van der Waals surface area contributed by atoms with Gasteiger partial charge in [-0.3, -0.25) is 0 Å². The third-order valence-electron chi connectivity index (χ3n) is 12.7. The quantitative estimate of drug-likeness (QED) is 0.114. The van der Waals surface area contributed by atoms with Crippen LogP contribution in [0.1, 0.15) is 22.3 Å². The average Bonchev–Trinajstić information content (AvgIpc) is 4.12. The molecule has 13 heteroatoms. The van der Waals surface area contributed by atoms with E-state index in [0.717, 1.165) is 66.1 Å². The summed E-state index contributed by atoms with van der Waals surface area (Å²) in [6.07, 6.45) is 16.5. The summed E-state index contributed by atoms with van der Waals surface area (Å²) >= 11 is 0. The van der Waals surface area contributed by atoms with E-state index in [1.165, 1.54) is 0 Å². The molecule has 7 aromatic heterocycles. The molecule has 0 saturated heterocycles. The van der Waals surface area contributed by atoms with Crippen molar-refractivity contribution in [2.45, 2.75) is 26.2 Å². The minimum atomic E-state index is 0. The molecule has 11 aromatic rings. The van der Waals surface area contributed by atoms with Gasteiger partial charge in [-0.2, -0.15) is 0 Å². The molecular weight excluding hydrogens is 904 g/mol. The molecule has 0 spiro atoms. The van der Waals surface area contributed by atoms with Crippen LogP contribution in [0.4, 0.5) is 0 Å². The first kappa shape index (κ1) is 41.8. The number of benzene rings is 4. The second-order valence-electron chi connectivity index (χ2n) is 17.0. The van der Waals surface area contributed by atoms with E-state index in [9.17, 15) is 0 Å². The van der Waals surface area contributed by atoms with Crippen molar-refractivity contribution >= 4 is 44.1 Å². The summed E-state index contributed by atoms with van der Waals surface area (Å²) in [5.74, 6) is 2.08. The van der Waals surface area contributed by atoms with Crippen molar-refractivity contribution in [1.29, 1.82) is 0 Å². The number of hydrogen-bond acceptors (Lipinski definition) is 6. The van der Waals surface area contributed by atoms with E-state index in [1.54, 1.807) is 0 Å². The van der Waals surface area contributed by atoms with Gasteiger partial charge >= 0.3 is 17.1 Å². The van der Waals surface area contributed by atoms with Crippen molar-refractivity contribution < 1.29 is 35.3 Å². The van der Waals surface area contributed by atoms with Crippen LogP contribution < -0.4 is 28.2 Å². The van der Waals surface area contributed by atoms with E-state index < -0.39 is 0 Å². The van der Waals surface area contributed by atoms with Gasteiger partial charge in [0.05, 0.1) is 23.3 Å². The molecule has 13 rings (SSSR count). The molecule has 0 N–H and O–H groups in total. The van der Waals surface area contributed by atoms with Gasteiger partial charge in [-0.1, -0.05) is 97.1 Å². The van der Waals surface area contributed by atoms with E-state index in [-0.39, 0.29) is 17.1 Å². The fraction of sp³-hybridized carbons (Fsp3) is 0.0714. The molecule has 0 unspecified atom stereocenters. The Hall–Kier alpha value is -8.64. The molecule has 0 saturated carbocycles. The van der Waals surface area contributed by atoms with Crippen molar-refractivity contribution in [3.8, 4) is 45.6 Å². The monoisotopic (exact) mass is 943 g/mol. The van der Waals surface area contributed by atoms with Gasteiger partial charge in [-0.25, -0.2) is 28.2 Å². The summed E-state index contributed by atoms with van der Waals surface area (Å²) in [4.78, 5) is 42.9. The Morgan fingerprint density at radius 2 is 0.623 bits per heavy atom. The molecular formula is C56H40CuN12+4. The Balaban J connectivity index is 0.00000492. The molecule has 0 aliphatic carbocycles. The predicted octanol–water partition coefficient (Wildman–Crippen LogP) is 7.47. The van der Waals surface area contributed by atoms with E-state index in [4.69, 9.17) is 39.9 Å². The maximum atomic E-state index is 5.41.